The summed E-state index contributed by atoms with van der Waals surface area (Å²) in [5, 5.41) is 11.2. The van der Waals surface area contributed by atoms with Gasteiger partial charge in [0.15, 0.2) is 0 Å². The van der Waals surface area contributed by atoms with Gasteiger partial charge in [0.1, 0.15) is 0 Å². The highest BCUT2D eigenvalue weighted by molar-refractivity contribution is 9.10. The molecule has 0 fully saturated rings. The first-order valence-electron chi connectivity index (χ1n) is 11.2. The third-order valence-corrected chi connectivity index (χ3v) is 6.72. The first kappa shape index (κ1) is 25.7. The van der Waals surface area contributed by atoms with Crippen molar-refractivity contribution in [3.05, 3.63) is 92.5 Å². The summed E-state index contributed by atoms with van der Waals surface area (Å²) in [6.07, 6.45) is -0.0194. The van der Waals surface area contributed by atoms with Crippen LogP contribution in [-0.4, -0.2) is 30.1 Å². The second kappa shape index (κ2) is 11.0. The molecule has 0 heterocycles. The lowest BCUT2D eigenvalue weighted by Gasteiger charge is -2.24. The number of anilines is 2. The lowest BCUT2D eigenvalue weighted by Crippen LogP contribution is -2.26. The van der Waals surface area contributed by atoms with Gasteiger partial charge in [-0.2, -0.15) is 0 Å². The van der Waals surface area contributed by atoms with Crippen LogP contribution >= 0.6 is 15.9 Å². The van der Waals surface area contributed by atoms with E-state index in [2.05, 4.69) is 59.1 Å². The van der Waals surface area contributed by atoms with Crippen LogP contribution in [0.3, 0.4) is 0 Å². The molecule has 5 N–H and O–H groups in total. The highest BCUT2D eigenvalue weighted by atomic mass is 79.9. The number of hydrazine groups is 1. The van der Waals surface area contributed by atoms with Gasteiger partial charge in [0.2, 0.25) is 0 Å². The van der Waals surface area contributed by atoms with Crippen molar-refractivity contribution in [2.45, 2.75) is 39.3 Å². The fourth-order valence-electron chi connectivity index (χ4n) is 4.37. The van der Waals surface area contributed by atoms with E-state index in [9.17, 15) is 9.90 Å². The first-order chi connectivity index (χ1) is 16.1. The van der Waals surface area contributed by atoms with Gasteiger partial charge in [-0.05, 0) is 72.5 Å². The Morgan fingerprint density at radius 2 is 1.79 bits per heavy atom. The molecule has 3 aromatic carbocycles. The van der Waals surface area contributed by atoms with Crippen LogP contribution in [0.5, 0.6) is 0 Å². The maximum Gasteiger partial charge on any atom is 0.304 e. The predicted octanol–water partition coefficient (Wildman–Crippen LogP) is 5.20. The Morgan fingerprint density at radius 1 is 1.06 bits per heavy atom. The number of nitrogens with zero attached hydrogens (tertiary/aromatic N) is 2. The third kappa shape index (κ3) is 6.17. The summed E-state index contributed by atoms with van der Waals surface area (Å²) < 4.78 is 1.06. The van der Waals surface area contributed by atoms with E-state index >= 15 is 0 Å². The van der Waals surface area contributed by atoms with E-state index in [0.717, 1.165) is 34.3 Å². The molecule has 0 amide bonds. The zero-order chi connectivity index (χ0) is 25.0. The first-order valence-corrected chi connectivity index (χ1v) is 12.0. The minimum atomic E-state index is -0.850. The van der Waals surface area contributed by atoms with Crippen LogP contribution in [0.15, 0.2) is 59.1 Å². The van der Waals surface area contributed by atoms with Gasteiger partial charge in [0.25, 0.3) is 0 Å². The van der Waals surface area contributed by atoms with E-state index in [1.807, 2.05) is 37.3 Å². The lowest BCUT2D eigenvalue weighted by molar-refractivity contribution is -0.137. The van der Waals surface area contributed by atoms with Crippen LogP contribution in [0, 0.1) is 13.8 Å². The van der Waals surface area contributed by atoms with Crippen molar-refractivity contribution in [1.29, 1.82) is 0 Å². The summed E-state index contributed by atoms with van der Waals surface area (Å²) in [6, 6.07) is 18.3. The van der Waals surface area contributed by atoms with Crippen molar-refractivity contribution >= 4 is 33.3 Å². The molecule has 0 bridgehead atoms. The number of carboxylic acids is 1. The number of aryl methyl sites for hydroxylation is 1. The molecule has 34 heavy (non-hydrogen) atoms. The van der Waals surface area contributed by atoms with Gasteiger partial charge in [-0.25, -0.2) is 5.84 Å². The Balaban J connectivity index is 1.94. The number of hydrogen-bond acceptors (Lipinski definition) is 5. The number of carboxylic acid groups (broad SMARTS) is 1. The van der Waals surface area contributed by atoms with Gasteiger partial charge < -0.3 is 15.8 Å². The zero-order valence-corrected chi connectivity index (χ0v) is 21.8. The molecular formula is C27H33BrN4O2. The van der Waals surface area contributed by atoms with Crippen molar-refractivity contribution in [3.63, 3.8) is 0 Å². The van der Waals surface area contributed by atoms with E-state index in [1.54, 1.807) is 7.05 Å². The molecule has 0 aliphatic rings. The van der Waals surface area contributed by atoms with Crippen LogP contribution in [0.1, 0.15) is 45.7 Å². The molecule has 0 aliphatic carbocycles. The van der Waals surface area contributed by atoms with Gasteiger partial charge >= 0.3 is 5.97 Å². The number of benzene rings is 3. The van der Waals surface area contributed by atoms with Crippen LogP contribution < -0.4 is 16.6 Å². The van der Waals surface area contributed by atoms with Crippen LogP contribution in [-0.2, 0) is 17.9 Å². The van der Waals surface area contributed by atoms with E-state index in [0.29, 0.717) is 11.4 Å². The molecular weight excluding hydrogens is 492 g/mol. The number of aliphatic carboxylic acids is 1. The second-order valence-corrected chi connectivity index (χ2v) is 9.88. The van der Waals surface area contributed by atoms with Crippen molar-refractivity contribution in [3.8, 4) is 0 Å². The van der Waals surface area contributed by atoms with E-state index in [4.69, 9.17) is 11.6 Å². The molecule has 0 spiro atoms. The molecule has 0 aromatic heterocycles. The molecule has 0 radical (unpaired) electrons. The zero-order valence-electron chi connectivity index (χ0n) is 20.2. The minimum absolute atomic E-state index is 0.0194. The highest BCUT2D eigenvalue weighted by Gasteiger charge is 2.23. The highest BCUT2D eigenvalue weighted by Crippen LogP contribution is 2.37. The molecule has 3 rings (SSSR count). The SMILES string of the molecule is Cc1ccc(C(CC(=O)O)c2ccc(N(C)N)c(N)c2C)cc1CN(C)Cc1cccc(Br)c1. The lowest BCUT2D eigenvalue weighted by atomic mass is 9.84. The third-order valence-electron chi connectivity index (χ3n) is 6.23. The largest absolute Gasteiger partial charge is 0.481 e. The fourth-order valence-corrected chi connectivity index (χ4v) is 4.82. The Morgan fingerprint density at radius 3 is 2.44 bits per heavy atom. The van der Waals surface area contributed by atoms with Gasteiger partial charge in [-0.1, -0.05) is 52.3 Å². The van der Waals surface area contributed by atoms with Gasteiger partial charge in [0, 0.05) is 30.5 Å². The van der Waals surface area contributed by atoms with Crippen molar-refractivity contribution in [2.75, 3.05) is 24.8 Å². The molecule has 0 saturated heterocycles. The molecule has 180 valence electrons. The number of halogens is 1. The molecule has 3 aromatic rings. The van der Waals surface area contributed by atoms with Gasteiger partial charge in [-0.15, -0.1) is 0 Å². The maximum absolute atomic E-state index is 11.8. The van der Waals surface area contributed by atoms with E-state index < -0.39 is 5.97 Å². The van der Waals surface area contributed by atoms with Crippen LogP contribution in [0.4, 0.5) is 11.4 Å². The maximum atomic E-state index is 11.8. The number of hydrogen-bond donors (Lipinski definition) is 3. The Hall–Kier alpha value is -2.87. The summed E-state index contributed by atoms with van der Waals surface area (Å²) in [5.41, 5.74) is 13.9. The molecule has 7 heteroatoms. The average Bonchev–Trinajstić information content (AvgIpc) is 2.75. The van der Waals surface area contributed by atoms with Crippen molar-refractivity contribution in [2.24, 2.45) is 5.84 Å². The molecule has 0 aliphatic heterocycles. The van der Waals surface area contributed by atoms with Crippen LogP contribution in [0.2, 0.25) is 0 Å². The summed E-state index contributed by atoms with van der Waals surface area (Å²) in [7, 11) is 3.82. The smallest absolute Gasteiger partial charge is 0.304 e. The normalized spacial score (nSPS) is 12.1. The number of nitrogen functional groups attached to an aromatic ring is 1. The van der Waals surface area contributed by atoms with E-state index in [1.165, 1.54) is 21.7 Å². The standard InChI is InChI=1S/C27H33BrN4O2/c1-17-8-9-20(13-21(17)16-31(3)15-19-6-5-7-22(28)12-19)24(14-26(33)34)23-10-11-25(32(4)30)27(29)18(23)2/h5-13,24H,14-16,29-30H2,1-4H3,(H,33,34). The van der Waals surface area contributed by atoms with E-state index in [-0.39, 0.29) is 12.3 Å². The van der Waals surface area contributed by atoms with Crippen molar-refractivity contribution in [1.82, 2.24) is 4.90 Å². The number of carbonyl (C=O) groups is 1. The summed E-state index contributed by atoms with van der Waals surface area (Å²) >= 11 is 3.54. The van der Waals surface area contributed by atoms with Gasteiger partial charge in [0.05, 0.1) is 17.8 Å². The minimum Gasteiger partial charge on any atom is -0.481 e. The second-order valence-electron chi connectivity index (χ2n) is 8.96. The molecule has 1 unspecified atom stereocenters. The Labute approximate surface area is 210 Å². The Bertz CT molecular complexity index is 1180. The summed E-state index contributed by atoms with van der Waals surface area (Å²) in [4.78, 5) is 14.1. The topological polar surface area (TPSA) is 95.8 Å². The van der Waals surface area contributed by atoms with Crippen molar-refractivity contribution < 1.29 is 9.90 Å². The number of rotatable bonds is 9. The molecule has 6 nitrogen and oxygen atoms in total. The quantitative estimate of drug-likeness (QED) is 0.202. The summed E-state index contributed by atoms with van der Waals surface area (Å²) in [5.74, 6) is 4.74. The Kier molecular flexibility index (Phi) is 8.36. The van der Waals surface area contributed by atoms with Crippen LogP contribution in [0.25, 0.3) is 0 Å². The monoisotopic (exact) mass is 524 g/mol. The average molecular weight is 525 g/mol. The predicted molar refractivity (Wildman–Crippen MR) is 143 cm³/mol. The van der Waals surface area contributed by atoms with Gasteiger partial charge in [-0.3, -0.25) is 9.69 Å². The molecule has 1 atom stereocenters. The summed E-state index contributed by atoms with van der Waals surface area (Å²) in [6.45, 7) is 5.58. The number of nitrogens with two attached hydrogens (primary N) is 2. The fraction of sp³-hybridized carbons (Fsp3) is 0.296. The molecule has 0 saturated carbocycles.